The molecule has 0 fully saturated rings. The Bertz CT molecular complexity index is 607. The zero-order valence-corrected chi connectivity index (χ0v) is 11.6. The average molecular weight is 329 g/mol. The van der Waals surface area contributed by atoms with Gasteiger partial charge in [0.1, 0.15) is 17.7 Å². The first kappa shape index (κ1) is 13.7. The summed E-state index contributed by atoms with van der Waals surface area (Å²) in [6, 6.07) is 4.84. The molecule has 1 heterocycles. The highest BCUT2D eigenvalue weighted by molar-refractivity contribution is 9.10. The molecule has 3 nitrogen and oxygen atoms in total. The van der Waals surface area contributed by atoms with Crippen molar-refractivity contribution in [1.82, 2.24) is 4.98 Å². The molecule has 1 aromatic heterocycles. The van der Waals surface area contributed by atoms with Gasteiger partial charge in [-0.25, -0.2) is 13.8 Å². The van der Waals surface area contributed by atoms with Crippen molar-refractivity contribution >= 4 is 21.7 Å². The van der Waals surface area contributed by atoms with E-state index < -0.39 is 17.7 Å². The Morgan fingerprint density at radius 2 is 2.05 bits per heavy atom. The van der Waals surface area contributed by atoms with Gasteiger partial charge in [0, 0.05) is 16.2 Å². The summed E-state index contributed by atoms with van der Waals surface area (Å²) < 4.78 is 32.9. The minimum atomic E-state index is -0.686. The van der Waals surface area contributed by atoms with E-state index in [2.05, 4.69) is 20.9 Å². The van der Waals surface area contributed by atoms with Crippen LogP contribution in [-0.2, 0) is 0 Å². The summed E-state index contributed by atoms with van der Waals surface area (Å²) in [6.07, 6.45) is 0.837. The van der Waals surface area contributed by atoms with Gasteiger partial charge in [-0.3, -0.25) is 0 Å². The van der Waals surface area contributed by atoms with Gasteiger partial charge in [0.05, 0.1) is 0 Å². The van der Waals surface area contributed by atoms with Crippen LogP contribution in [0.5, 0.6) is 5.75 Å². The van der Waals surface area contributed by atoms with Gasteiger partial charge in [0.25, 0.3) is 0 Å². The van der Waals surface area contributed by atoms with Crippen LogP contribution in [0.3, 0.4) is 0 Å². The summed E-state index contributed by atoms with van der Waals surface area (Å²) in [5.41, 5.74) is 5.78. The Balaban J connectivity index is 2.27. The lowest BCUT2D eigenvalue weighted by Crippen LogP contribution is -2.08. The highest BCUT2D eigenvalue weighted by Crippen LogP contribution is 2.29. The lowest BCUT2D eigenvalue weighted by atomic mass is 10.1. The van der Waals surface area contributed by atoms with Crippen LogP contribution < -0.4 is 10.5 Å². The quantitative estimate of drug-likeness (QED) is 0.931. The molecule has 0 aliphatic carbocycles. The Morgan fingerprint density at radius 3 is 2.79 bits per heavy atom. The van der Waals surface area contributed by atoms with Crippen molar-refractivity contribution in [2.24, 2.45) is 0 Å². The molecule has 0 saturated heterocycles. The zero-order valence-electron chi connectivity index (χ0n) is 10.0. The van der Waals surface area contributed by atoms with E-state index in [9.17, 15) is 8.78 Å². The number of nitrogen functional groups attached to an aromatic ring is 1. The van der Waals surface area contributed by atoms with Crippen LogP contribution in [0, 0.1) is 11.6 Å². The summed E-state index contributed by atoms with van der Waals surface area (Å²) in [5.74, 6) is -0.556. The summed E-state index contributed by atoms with van der Waals surface area (Å²) in [6.45, 7) is 1.61. The van der Waals surface area contributed by atoms with Gasteiger partial charge >= 0.3 is 0 Å². The van der Waals surface area contributed by atoms with Crippen LogP contribution in [0.2, 0.25) is 0 Å². The lowest BCUT2D eigenvalue weighted by Gasteiger charge is -2.16. The fourth-order valence-corrected chi connectivity index (χ4v) is 1.92. The molecule has 0 saturated carbocycles. The number of nitrogens with zero attached hydrogens (tertiary/aromatic N) is 1. The first-order valence-corrected chi connectivity index (χ1v) is 6.29. The van der Waals surface area contributed by atoms with Gasteiger partial charge in [0.2, 0.25) is 0 Å². The summed E-state index contributed by atoms with van der Waals surface area (Å²) in [5, 5.41) is 0. The van der Waals surface area contributed by atoms with E-state index in [1.165, 1.54) is 6.20 Å². The average Bonchev–Trinajstić information content (AvgIpc) is 2.36. The molecule has 2 N–H and O–H groups in total. The van der Waals surface area contributed by atoms with Crippen LogP contribution >= 0.6 is 15.9 Å². The molecular formula is C13H11BrF2N2O. The fraction of sp³-hybridized carbons (Fsp3) is 0.154. The number of rotatable bonds is 3. The number of ether oxygens (including phenoxy) is 1. The van der Waals surface area contributed by atoms with Crippen molar-refractivity contribution in [3.05, 3.63) is 52.1 Å². The minimum absolute atomic E-state index is 0.124. The molecule has 6 heteroatoms. The van der Waals surface area contributed by atoms with E-state index in [4.69, 9.17) is 10.5 Å². The van der Waals surface area contributed by atoms with Crippen molar-refractivity contribution in [1.29, 1.82) is 0 Å². The third-order valence-electron chi connectivity index (χ3n) is 2.55. The molecule has 0 unspecified atom stereocenters. The van der Waals surface area contributed by atoms with Crippen molar-refractivity contribution in [3.8, 4) is 5.75 Å². The molecule has 2 rings (SSSR count). The topological polar surface area (TPSA) is 48.1 Å². The third kappa shape index (κ3) is 3.20. The van der Waals surface area contributed by atoms with E-state index in [-0.39, 0.29) is 11.4 Å². The van der Waals surface area contributed by atoms with Gasteiger partial charge in [0.15, 0.2) is 11.6 Å². The molecule has 19 heavy (non-hydrogen) atoms. The number of aromatic nitrogens is 1. The van der Waals surface area contributed by atoms with E-state index in [0.717, 1.165) is 18.2 Å². The molecule has 0 radical (unpaired) electrons. The van der Waals surface area contributed by atoms with E-state index in [1.54, 1.807) is 13.0 Å². The molecule has 0 spiro atoms. The monoisotopic (exact) mass is 328 g/mol. The minimum Gasteiger partial charge on any atom is -0.482 e. The molecule has 0 amide bonds. The van der Waals surface area contributed by atoms with Gasteiger partial charge in [-0.2, -0.15) is 0 Å². The Morgan fingerprint density at radius 1 is 1.32 bits per heavy atom. The van der Waals surface area contributed by atoms with Crippen LogP contribution in [-0.4, -0.2) is 4.98 Å². The maximum absolute atomic E-state index is 13.6. The SMILES string of the molecule is C[C@@H](Oc1cc(Br)cnc1N)c1cc(F)ccc1F. The highest BCUT2D eigenvalue weighted by atomic mass is 79.9. The van der Waals surface area contributed by atoms with Crippen molar-refractivity contribution < 1.29 is 13.5 Å². The summed E-state index contributed by atoms with van der Waals surface area (Å²) in [4.78, 5) is 3.90. The normalized spacial score (nSPS) is 12.2. The molecule has 0 aliphatic rings. The predicted octanol–water partition coefficient (Wildman–Crippen LogP) is 3.84. The fourth-order valence-electron chi connectivity index (χ4n) is 1.61. The Kier molecular flexibility index (Phi) is 3.99. The van der Waals surface area contributed by atoms with Crippen molar-refractivity contribution in [2.45, 2.75) is 13.0 Å². The number of pyridine rings is 1. The smallest absolute Gasteiger partial charge is 0.166 e. The highest BCUT2D eigenvalue weighted by Gasteiger charge is 2.15. The van der Waals surface area contributed by atoms with Crippen LogP contribution in [0.25, 0.3) is 0 Å². The predicted molar refractivity (Wildman–Crippen MR) is 71.8 cm³/mol. The Hall–Kier alpha value is -1.69. The van der Waals surface area contributed by atoms with E-state index in [1.807, 2.05) is 0 Å². The van der Waals surface area contributed by atoms with E-state index >= 15 is 0 Å². The number of halogens is 3. The maximum atomic E-state index is 13.6. The van der Waals surface area contributed by atoms with Gasteiger partial charge in [-0.1, -0.05) is 0 Å². The molecule has 2 aromatic rings. The molecule has 100 valence electrons. The van der Waals surface area contributed by atoms with Crippen LogP contribution in [0.1, 0.15) is 18.6 Å². The van der Waals surface area contributed by atoms with Crippen molar-refractivity contribution in [3.63, 3.8) is 0 Å². The van der Waals surface area contributed by atoms with Crippen LogP contribution in [0.15, 0.2) is 34.9 Å². The Labute approximate surface area is 117 Å². The number of hydrogen-bond donors (Lipinski definition) is 1. The molecule has 1 atom stereocenters. The standard InChI is InChI=1S/C13H11BrF2N2O/c1-7(10-5-9(15)2-3-11(10)16)19-12-4-8(14)6-18-13(12)17/h2-7H,1H3,(H2,17,18)/t7-/m1/s1. The number of hydrogen-bond acceptors (Lipinski definition) is 3. The summed E-state index contributed by atoms with van der Waals surface area (Å²) >= 11 is 3.24. The second-order valence-electron chi connectivity index (χ2n) is 3.96. The number of anilines is 1. The lowest BCUT2D eigenvalue weighted by molar-refractivity contribution is 0.221. The van der Waals surface area contributed by atoms with Crippen molar-refractivity contribution in [2.75, 3.05) is 5.73 Å². The van der Waals surface area contributed by atoms with Crippen LogP contribution in [0.4, 0.5) is 14.6 Å². The van der Waals surface area contributed by atoms with Gasteiger partial charge < -0.3 is 10.5 Å². The van der Waals surface area contributed by atoms with E-state index in [0.29, 0.717) is 10.2 Å². The van der Waals surface area contributed by atoms with Gasteiger partial charge in [-0.15, -0.1) is 0 Å². The first-order valence-electron chi connectivity index (χ1n) is 5.50. The third-order valence-corrected chi connectivity index (χ3v) is 2.98. The maximum Gasteiger partial charge on any atom is 0.166 e. The summed E-state index contributed by atoms with van der Waals surface area (Å²) in [7, 11) is 0. The molecular weight excluding hydrogens is 318 g/mol. The molecule has 0 bridgehead atoms. The molecule has 1 aromatic carbocycles. The zero-order chi connectivity index (χ0) is 14.0. The second kappa shape index (κ2) is 5.52. The number of nitrogens with two attached hydrogens (primary N) is 1. The first-order chi connectivity index (χ1) is 8.97. The van der Waals surface area contributed by atoms with Gasteiger partial charge in [-0.05, 0) is 47.1 Å². The molecule has 0 aliphatic heterocycles. The number of benzene rings is 1. The second-order valence-corrected chi connectivity index (χ2v) is 4.88. The largest absolute Gasteiger partial charge is 0.482 e.